The number of rotatable bonds is 3. The lowest BCUT2D eigenvalue weighted by atomic mass is 9.95. The van der Waals surface area contributed by atoms with Crippen LogP contribution >= 0.6 is 0 Å². The van der Waals surface area contributed by atoms with Crippen LogP contribution in [0, 0.1) is 13.8 Å². The van der Waals surface area contributed by atoms with Crippen LogP contribution in [0.25, 0.3) is 50.0 Å². The fourth-order valence-corrected chi connectivity index (χ4v) is 4.46. The van der Waals surface area contributed by atoms with E-state index in [0.29, 0.717) is 0 Å². The Morgan fingerprint density at radius 3 is 2.43 bits per heavy atom. The molecule has 2 aromatic heterocycles. The van der Waals surface area contributed by atoms with E-state index < -0.39 is 0 Å². The number of pyridine rings is 1. The lowest BCUT2D eigenvalue weighted by molar-refractivity contribution is -0.660. The topological polar surface area (TPSA) is 17.0 Å². The summed E-state index contributed by atoms with van der Waals surface area (Å²) in [5.74, 6) is 0. The third-order valence-corrected chi connectivity index (χ3v) is 5.98. The zero-order valence-electron chi connectivity index (χ0n) is 17.6. The standard InChI is InChI=1S/C28H24NO/c1-5-6-9-20-18(2)11-13-22-21(20)15-16-25-27(22)23-14-12-19(3)26(28(23)30-25)24-10-7-8-17-29(24)4/h5-17H,1H2,2-4H3/q+1/b9-6-. The van der Waals surface area contributed by atoms with Gasteiger partial charge in [-0.25, -0.2) is 4.57 Å². The van der Waals surface area contributed by atoms with Crippen LogP contribution in [0.2, 0.25) is 0 Å². The van der Waals surface area contributed by atoms with E-state index in [9.17, 15) is 0 Å². The van der Waals surface area contributed by atoms with E-state index in [4.69, 9.17) is 4.42 Å². The molecule has 0 aliphatic heterocycles. The molecule has 5 rings (SSSR count). The van der Waals surface area contributed by atoms with E-state index in [1.165, 1.54) is 32.8 Å². The zero-order chi connectivity index (χ0) is 20.8. The van der Waals surface area contributed by atoms with Gasteiger partial charge >= 0.3 is 0 Å². The molecule has 0 fully saturated rings. The Balaban J connectivity index is 1.92. The molecule has 0 amide bonds. The Morgan fingerprint density at radius 2 is 1.63 bits per heavy atom. The van der Waals surface area contributed by atoms with Crippen molar-refractivity contribution in [2.24, 2.45) is 7.05 Å². The average molecular weight is 391 g/mol. The fourth-order valence-electron chi connectivity index (χ4n) is 4.46. The minimum Gasteiger partial charge on any atom is -0.455 e. The quantitative estimate of drug-likeness (QED) is 0.238. The van der Waals surface area contributed by atoms with Crippen molar-refractivity contribution in [2.75, 3.05) is 0 Å². The maximum Gasteiger partial charge on any atom is 0.216 e. The van der Waals surface area contributed by atoms with Crippen LogP contribution in [-0.4, -0.2) is 0 Å². The molecule has 0 bridgehead atoms. The van der Waals surface area contributed by atoms with Gasteiger partial charge in [0.25, 0.3) is 0 Å². The third kappa shape index (κ3) is 2.68. The van der Waals surface area contributed by atoms with E-state index in [0.717, 1.165) is 27.8 Å². The molecule has 146 valence electrons. The number of aryl methyl sites for hydroxylation is 3. The SMILES string of the molecule is C=C/C=C\c1c(C)ccc2c1ccc1oc3c(-c4cccc[n+]4C)c(C)ccc3c12. The van der Waals surface area contributed by atoms with Gasteiger partial charge in [0.1, 0.15) is 18.2 Å². The second-order valence-corrected chi connectivity index (χ2v) is 7.86. The second-order valence-electron chi connectivity index (χ2n) is 7.86. The minimum absolute atomic E-state index is 0.922. The smallest absolute Gasteiger partial charge is 0.216 e. The fraction of sp³-hybridized carbons (Fsp3) is 0.107. The summed E-state index contributed by atoms with van der Waals surface area (Å²) in [7, 11) is 2.08. The van der Waals surface area contributed by atoms with Crippen LogP contribution in [0.5, 0.6) is 0 Å². The van der Waals surface area contributed by atoms with E-state index in [2.05, 4.69) is 92.8 Å². The van der Waals surface area contributed by atoms with Gasteiger partial charge in [-0.3, -0.25) is 0 Å². The van der Waals surface area contributed by atoms with Gasteiger partial charge in [-0.05, 0) is 53.4 Å². The van der Waals surface area contributed by atoms with E-state index in [1.807, 2.05) is 18.2 Å². The summed E-state index contributed by atoms with van der Waals surface area (Å²) in [6, 6.07) is 19.3. The molecule has 2 heterocycles. The number of hydrogen-bond donors (Lipinski definition) is 0. The van der Waals surface area contributed by atoms with Crippen molar-refractivity contribution in [3.8, 4) is 11.3 Å². The number of hydrogen-bond acceptors (Lipinski definition) is 1. The lowest BCUT2D eigenvalue weighted by Gasteiger charge is -2.08. The van der Waals surface area contributed by atoms with E-state index >= 15 is 0 Å². The summed E-state index contributed by atoms with van der Waals surface area (Å²) in [5.41, 5.74) is 7.85. The molecular weight excluding hydrogens is 366 g/mol. The Labute approximate surface area is 176 Å². The van der Waals surface area contributed by atoms with Crippen LogP contribution in [-0.2, 0) is 7.05 Å². The highest BCUT2D eigenvalue weighted by molar-refractivity contribution is 6.21. The second kappa shape index (κ2) is 7.00. The average Bonchev–Trinajstić information content (AvgIpc) is 3.12. The van der Waals surface area contributed by atoms with Gasteiger partial charge in [-0.15, -0.1) is 0 Å². The number of aromatic nitrogens is 1. The predicted octanol–water partition coefficient (Wildman–Crippen LogP) is 7.05. The number of benzene rings is 3. The van der Waals surface area contributed by atoms with E-state index in [1.54, 1.807) is 0 Å². The van der Waals surface area contributed by atoms with Crippen molar-refractivity contribution in [3.05, 3.63) is 96.2 Å². The number of fused-ring (bicyclic) bond motifs is 5. The van der Waals surface area contributed by atoms with Crippen LogP contribution < -0.4 is 4.57 Å². The number of nitrogens with zero attached hydrogens (tertiary/aromatic N) is 1. The molecule has 30 heavy (non-hydrogen) atoms. The monoisotopic (exact) mass is 390 g/mol. The first kappa shape index (κ1) is 18.4. The molecule has 5 aromatic rings. The highest BCUT2D eigenvalue weighted by Gasteiger charge is 2.21. The zero-order valence-corrected chi connectivity index (χ0v) is 17.6. The summed E-state index contributed by atoms with van der Waals surface area (Å²) in [5, 5.41) is 4.78. The number of furan rings is 1. The molecule has 3 aromatic carbocycles. The van der Waals surface area contributed by atoms with Crippen LogP contribution in [0.1, 0.15) is 16.7 Å². The summed E-state index contributed by atoms with van der Waals surface area (Å²) in [6.07, 6.45) is 8.03. The molecule has 0 aliphatic carbocycles. The normalized spacial score (nSPS) is 11.8. The van der Waals surface area contributed by atoms with Crippen molar-refractivity contribution in [1.82, 2.24) is 0 Å². The van der Waals surface area contributed by atoms with Crippen LogP contribution in [0.4, 0.5) is 0 Å². The molecule has 0 aliphatic rings. The van der Waals surface area contributed by atoms with Gasteiger partial charge < -0.3 is 4.42 Å². The van der Waals surface area contributed by atoms with Gasteiger partial charge in [0.05, 0.1) is 5.56 Å². The summed E-state index contributed by atoms with van der Waals surface area (Å²) >= 11 is 0. The molecule has 0 radical (unpaired) electrons. The Bertz CT molecular complexity index is 1480. The third-order valence-electron chi connectivity index (χ3n) is 5.98. The van der Waals surface area contributed by atoms with Gasteiger partial charge in [-0.1, -0.05) is 55.1 Å². The van der Waals surface area contributed by atoms with Crippen molar-refractivity contribution in [1.29, 1.82) is 0 Å². The highest BCUT2D eigenvalue weighted by Crippen LogP contribution is 2.40. The maximum atomic E-state index is 6.49. The van der Waals surface area contributed by atoms with Crippen LogP contribution in [0.15, 0.2) is 83.9 Å². The van der Waals surface area contributed by atoms with Gasteiger partial charge in [-0.2, -0.15) is 0 Å². The first-order chi connectivity index (χ1) is 14.6. The summed E-state index contributed by atoms with van der Waals surface area (Å²) < 4.78 is 8.63. The molecule has 0 N–H and O–H groups in total. The largest absolute Gasteiger partial charge is 0.455 e. The first-order valence-corrected chi connectivity index (χ1v) is 10.2. The lowest BCUT2D eigenvalue weighted by Crippen LogP contribution is -2.30. The van der Waals surface area contributed by atoms with Gasteiger partial charge in [0, 0.05) is 22.9 Å². The van der Waals surface area contributed by atoms with Crippen molar-refractivity contribution >= 4 is 38.8 Å². The molecule has 0 saturated heterocycles. The Morgan fingerprint density at radius 1 is 0.867 bits per heavy atom. The van der Waals surface area contributed by atoms with Crippen LogP contribution in [0.3, 0.4) is 0 Å². The number of allylic oxidation sites excluding steroid dienone is 2. The summed E-state index contributed by atoms with van der Waals surface area (Å²) in [6.45, 7) is 8.12. The molecule has 0 saturated carbocycles. The van der Waals surface area contributed by atoms with Crippen molar-refractivity contribution in [3.63, 3.8) is 0 Å². The molecule has 2 heteroatoms. The molecule has 0 unspecified atom stereocenters. The van der Waals surface area contributed by atoms with Gasteiger partial charge in [0.15, 0.2) is 6.20 Å². The Hall–Kier alpha value is -3.65. The molecular formula is C28H24NO+. The van der Waals surface area contributed by atoms with E-state index in [-0.39, 0.29) is 0 Å². The highest BCUT2D eigenvalue weighted by atomic mass is 16.3. The van der Waals surface area contributed by atoms with Crippen molar-refractivity contribution < 1.29 is 8.98 Å². The predicted molar refractivity (Wildman–Crippen MR) is 127 cm³/mol. The molecule has 0 atom stereocenters. The maximum absolute atomic E-state index is 6.49. The Kier molecular flexibility index (Phi) is 4.29. The first-order valence-electron chi connectivity index (χ1n) is 10.2. The van der Waals surface area contributed by atoms with Gasteiger partial charge in [0.2, 0.25) is 5.69 Å². The minimum atomic E-state index is 0.922. The summed E-state index contributed by atoms with van der Waals surface area (Å²) in [4.78, 5) is 0. The molecule has 0 spiro atoms. The molecule has 2 nitrogen and oxygen atoms in total. The van der Waals surface area contributed by atoms with Crippen molar-refractivity contribution in [2.45, 2.75) is 13.8 Å².